The topological polar surface area (TPSA) is 49.8 Å². The summed E-state index contributed by atoms with van der Waals surface area (Å²) < 4.78 is 6.00. The molecular formula is C32H45NO3. The molecule has 0 heterocycles. The maximum absolute atomic E-state index is 11.1. The molecule has 1 aromatic rings. The summed E-state index contributed by atoms with van der Waals surface area (Å²) in [6, 6.07) is 7.58. The molecule has 0 fully saturated rings. The van der Waals surface area contributed by atoms with Gasteiger partial charge in [-0.2, -0.15) is 0 Å². The van der Waals surface area contributed by atoms with Crippen molar-refractivity contribution >= 4 is 5.97 Å². The van der Waals surface area contributed by atoms with Gasteiger partial charge in [0.1, 0.15) is 12.4 Å². The van der Waals surface area contributed by atoms with Gasteiger partial charge in [0.05, 0.1) is 12.3 Å². The summed E-state index contributed by atoms with van der Waals surface area (Å²) >= 11 is 0. The Bertz CT molecular complexity index is 1030. The number of hydrogen-bond acceptors (Lipinski definition) is 3. The van der Waals surface area contributed by atoms with Crippen LogP contribution in [0.1, 0.15) is 79.7 Å². The number of allylic oxidation sites excluding steroid dienone is 3. The Labute approximate surface area is 219 Å². The smallest absolute Gasteiger partial charge is 0.304 e. The van der Waals surface area contributed by atoms with Crippen LogP contribution in [0.2, 0.25) is 0 Å². The second-order valence-electron chi connectivity index (χ2n) is 9.44. The second kappa shape index (κ2) is 16.6. The first-order valence-corrected chi connectivity index (χ1v) is 12.9. The van der Waals surface area contributed by atoms with E-state index in [0.29, 0.717) is 6.61 Å². The van der Waals surface area contributed by atoms with Crippen LogP contribution in [0.5, 0.6) is 5.75 Å². The molecule has 4 nitrogen and oxygen atoms in total. The molecule has 0 spiro atoms. The number of benzene rings is 1. The Hall–Kier alpha value is -3.03. The van der Waals surface area contributed by atoms with E-state index < -0.39 is 5.97 Å². The van der Waals surface area contributed by atoms with Crippen molar-refractivity contribution in [2.45, 2.75) is 74.1 Å². The number of carboxylic acids is 1. The molecule has 0 aromatic heterocycles. The highest BCUT2D eigenvalue weighted by molar-refractivity contribution is 5.69. The molecule has 1 rings (SSSR count). The molecule has 1 aromatic carbocycles. The van der Waals surface area contributed by atoms with Gasteiger partial charge in [-0.25, -0.2) is 0 Å². The van der Waals surface area contributed by atoms with E-state index >= 15 is 0 Å². The zero-order chi connectivity index (χ0) is 27.1. The lowest BCUT2D eigenvalue weighted by Crippen LogP contribution is -2.28. The molecule has 0 aliphatic rings. The molecule has 4 heteroatoms. The summed E-state index contributed by atoms with van der Waals surface area (Å²) in [6.45, 7) is 20.2. The van der Waals surface area contributed by atoms with Crippen molar-refractivity contribution in [1.29, 1.82) is 0 Å². The molecule has 1 atom stereocenters. The van der Waals surface area contributed by atoms with Gasteiger partial charge < -0.3 is 9.84 Å². The van der Waals surface area contributed by atoms with Crippen LogP contribution in [0.25, 0.3) is 0 Å². The van der Waals surface area contributed by atoms with Crippen molar-refractivity contribution in [3.8, 4) is 17.6 Å². The van der Waals surface area contributed by atoms with Gasteiger partial charge in [0.15, 0.2) is 0 Å². The van der Waals surface area contributed by atoms with Crippen LogP contribution in [-0.4, -0.2) is 42.2 Å². The number of rotatable bonds is 14. The molecule has 0 radical (unpaired) electrons. The lowest BCUT2D eigenvalue weighted by Gasteiger charge is -2.23. The van der Waals surface area contributed by atoms with Gasteiger partial charge in [0, 0.05) is 13.1 Å². The SMILES string of the molecule is CC#CC(CC(=O)O)c1ccc(OCC(C)=CC(=CC)CN(CC)CC(C=C(C)C)=C(C)CC)cc1. The average Bonchev–Trinajstić information content (AvgIpc) is 2.84. The number of aliphatic carboxylic acids is 1. The van der Waals surface area contributed by atoms with E-state index in [-0.39, 0.29) is 12.3 Å². The van der Waals surface area contributed by atoms with Gasteiger partial charge in [-0.05, 0) is 88.9 Å². The first-order chi connectivity index (χ1) is 17.1. The Morgan fingerprint density at radius 2 is 1.75 bits per heavy atom. The fourth-order valence-corrected chi connectivity index (χ4v) is 3.83. The van der Waals surface area contributed by atoms with Crippen molar-refractivity contribution in [2.75, 3.05) is 26.2 Å². The fourth-order valence-electron chi connectivity index (χ4n) is 3.83. The Kier molecular flexibility index (Phi) is 14.3. The summed E-state index contributed by atoms with van der Waals surface area (Å²) in [7, 11) is 0. The molecule has 0 aliphatic carbocycles. The molecule has 196 valence electrons. The van der Waals surface area contributed by atoms with E-state index in [1.54, 1.807) is 6.92 Å². The monoisotopic (exact) mass is 491 g/mol. The van der Waals surface area contributed by atoms with Crippen molar-refractivity contribution in [3.05, 3.63) is 75.9 Å². The lowest BCUT2D eigenvalue weighted by atomic mass is 9.96. The number of hydrogen-bond donors (Lipinski definition) is 1. The molecule has 0 bridgehead atoms. The van der Waals surface area contributed by atoms with Gasteiger partial charge in [-0.15, -0.1) is 5.92 Å². The van der Waals surface area contributed by atoms with Gasteiger partial charge in [-0.1, -0.05) is 61.3 Å². The number of carbonyl (C=O) groups is 1. The first kappa shape index (κ1) is 31.0. The third-order valence-electron chi connectivity index (χ3n) is 6.04. The fraction of sp³-hybridized carbons (Fsp3) is 0.469. The number of ether oxygens (including phenoxy) is 1. The second-order valence-corrected chi connectivity index (χ2v) is 9.44. The van der Waals surface area contributed by atoms with Gasteiger partial charge in [0.25, 0.3) is 0 Å². The van der Waals surface area contributed by atoms with Crippen LogP contribution in [0, 0.1) is 11.8 Å². The van der Waals surface area contributed by atoms with Crippen LogP contribution in [0.15, 0.2) is 70.4 Å². The van der Waals surface area contributed by atoms with E-state index in [1.807, 2.05) is 24.3 Å². The van der Waals surface area contributed by atoms with E-state index in [9.17, 15) is 4.79 Å². The molecule has 0 saturated carbocycles. The minimum Gasteiger partial charge on any atom is -0.489 e. The van der Waals surface area contributed by atoms with Crippen molar-refractivity contribution in [1.82, 2.24) is 4.90 Å². The van der Waals surface area contributed by atoms with Crippen LogP contribution < -0.4 is 4.74 Å². The summed E-state index contributed by atoms with van der Waals surface area (Å²) in [4.78, 5) is 13.6. The van der Waals surface area contributed by atoms with E-state index in [2.05, 4.69) is 83.4 Å². The largest absolute Gasteiger partial charge is 0.489 e. The quantitative estimate of drug-likeness (QED) is 0.216. The highest BCUT2D eigenvalue weighted by Gasteiger charge is 2.13. The molecule has 0 amide bonds. The molecule has 36 heavy (non-hydrogen) atoms. The summed E-state index contributed by atoms with van der Waals surface area (Å²) in [5, 5.41) is 9.14. The van der Waals surface area contributed by atoms with Crippen LogP contribution in [0.4, 0.5) is 0 Å². The third-order valence-corrected chi connectivity index (χ3v) is 6.04. The summed E-state index contributed by atoms with van der Waals surface area (Å²) in [6.07, 6.45) is 7.77. The third kappa shape index (κ3) is 11.6. The first-order valence-electron chi connectivity index (χ1n) is 12.9. The number of likely N-dealkylation sites (N-methyl/N-ethyl adjacent to an activating group) is 1. The highest BCUT2D eigenvalue weighted by Crippen LogP contribution is 2.23. The highest BCUT2D eigenvalue weighted by atomic mass is 16.5. The average molecular weight is 492 g/mol. The van der Waals surface area contributed by atoms with Gasteiger partial charge in [-0.3, -0.25) is 9.69 Å². The number of nitrogens with zero attached hydrogens (tertiary/aromatic N) is 1. The molecule has 0 saturated heterocycles. The van der Waals surface area contributed by atoms with E-state index in [4.69, 9.17) is 9.84 Å². The van der Waals surface area contributed by atoms with Crippen LogP contribution in [-0.2, 0) is 4.79 Å². The maximum Gasteiger partial charge on any atom is 0.304 e. The van der Waals surface area contributed by atoms with Crippen molar-refractivity contribution in [2.24, 2.45) is 0 Å². The minimum absolute atomic E-state index is 0.00651. The summed E-state index contributed by atoms with van der Waals surface area (Å²) in [5.41, 5.74) is 7.50. The van der Waals surface area contributed by atoms with Crippen LogP contribution >= 0.6 is 0 Å². The standard InChI is InChI=1S/C32H45NO3/c1-9-13-29(20-32(34)35)28-14-16-31(17-15-28)36-23-25(7)19-27(11-3)21-33(12-4)22-30(18-24(5)6)26(8)10-2/h11,14-19,29H,10,12,20-23H2,1-8H3,(H,34,35). The Balaban J connectivity index is 2.83. The normalized spacial score (nSPS) is 13.5. The van der Waals surface area contributed by atoms with Crippen molar-refractivity contribution < 1.29 is 14.6 Å². The zero-order valence-electron chi connectivity index (χ0n) is 23.6. The maximum atomic E-state index is 11.1. The van der Waals surface area contributed by atoms with Crippen molar-refractivity contribution in [3.63, 3.8) is 0 Å². The number of carboxylic acid groups (broad SMARTS) is 1. The molecule has 0 aliphatic heterocycles. The Morgan fingerprint density at radius 1 is 1.08 bits per heavy atom. The molecule has 1 N–H and O–H groups in total. The molecular weight excluding hydrogens is 446 g/mol. The Morgan fingerprint density at radius 3 is 2.25 bits per heavy atom. The predicted molar refractivity (Wildman–Crippen MR) is 152 cm³/mol. The molecule has 1 unspecified atom stereocenters. The van der Waals surface area contributed by atoms with Gasteiger partial charge in [0.2, 0.25) is 0 Å². The zero-order valence-corrected chi connectivity index (χ0v) is 23.6. The van der Waals surface area contributed by atoms with E-state index in [1.165, 1.54) is 22.3 Å². The minimum atomic E-state index is -0.852. The van der Waals surface area contributed by atoms with E-state index in [0.717, 1.165) is 42.9 Å². The summed E-state index contributed by atoms with van der Waals surface area (Å²) in [5.74, 6) is 5.41. The predicted octanol–water partition coefficient (Wildman–Crippen LogP) is 7.55. The van der Waals surface area contributed by atoms with Gasteiger partial charge >= 0.3 is 5.97 Å². The van der Waals surface area contributed by atoms with Crippen LogP contribution in [0.3, 0.4) is 0 Å². The lowest BCUT2D eigenvalue weighted by molar-refractivity contribution is -0.137.